The number of hydrogen-bond acceptors (Lipinski definition) is 3. The van der Waals surface area contributed by atoms with Gasteiger partial charge in [-0.2, -0.15) is 5.10 Å². The number of nitrogens with two attached hydrogens (primary N) is 1. The molecule has 0 spiro atoms. The van der Waals surface area contributed by atoms with Crippen LogP contribution in [0.4, 0.5) is 5.82 Å². The lowest BCUT2D eigenvalue weighted by atomic mass is 10.0. The van der Waals surface area contributed by atoms with E-state index in [9.17, 15) is 0 Å². The third-order valence-electron chi connectivity index (χ3n) is 3.43. The van der Waals surface area contributed by atoms with E-state index < -0.39 is 0 Å². The van der Waals surface area contributed by atoms with E-state index in [1.807, 2.05) is 37.0 Å². The van der Waals surface area contributed by atoms with Crippen LogP contribution < -0.4 is 5.73 Å². The van der Waals surface area contributed by atoms with Gasteiger partial charge >= 0.3 is 0 Å². The molecule has 2 heterocycles. The van der Waals surface area contributed by atoms with Crippen LogP contribution in [0.3, 0.4) is 0 Å². The maximum Gasteiger partial charge on any atom is 0.161 e. The van der Waals surface area contributed by atoms with Crippen LogP contribution in [-0.4, -0.2) is 19.3 Å². The standard InChI is InChI=1S/C15H17N5/c1-10-5-4-6-11(9-10)12-13(18-20(3)14(12)16)15-17-7-8-19(15)2/h4-9H,16H2,1-3H3. The van der Waals surface area contributed by atoms with E-state index in [2.05, 4.69) is 29.1 Å². The van der Waals surface area contributed by atoms with E-state index in [4.69, 9.17) is 5.73 Å². The van der Waals surface area contributed by atoms with Gasteiger partial charge in [-0.15, -0.1) is 0 Å². The Labute approximate surface area is 117 Å². The average molecular weight is 267 g/mol. The van der Waals surface area contributed by atoms with Gasteiger partial charge in [0.25, 0.3) is 0 Å². The highest BCUT2D eigenvalue weighted by molar-refractivity contribution is 5.86. The van der Waals surface area contributed by atoms with Gasteiger partial charge in [-0.3, -0.25) is 4.68 Å². The minimum Gasteiger partial charge on any atom is -0.383 e. The SMILES string of the molecule is Cc1cccc(-c2c(-c3nccn3C)nn(C)c2N)c1. The first kappa shape index (κ1) is 12.5. The summed E-state index contributed by atoms with van der Waals surface area (Å²) in [6, 6.07) is 8.25. The molecule has 2 N–H and O–H groups in total. The Morgan fingerprint density at radius 3 is 2.65 bits per heavy atom. The van der Waals surface area contributed by atoms with Crippen molar-refractivity contribution in [2.24, 2.45) is 14.1 Å². The summed E-state index contributed by atoms with van der Waals surface area (Å²) in [6.07, 6.45) is 3.67. The molecular formula is C15H17N5. The number of imidazole rings is 1. The number of anilines is 1. The van der Waals surface area contributed by atoms with Crippen LogP contribution in [0.15, 0.2) is 36.7 Å². The van der Waals surface area contributed by atoms with Crippen LogP contribution in [0.1, 0.15) is 5.56 Å². The molecule has 0 fully saturated rings. The van der Waals surface area contributed by atoms with Gasteiger partial charge in [-0.25, -0.2) is 4.98 Å². The summed E-state index contributed by atoms with van der Waals surface area (Å²) in [5.41, 5.74) is 10.2. The van der Waals surface area contributed by atoms with Gasteiger partial charge in [-0.1, -0.05) is 29.8 Å². The number of hydrogen-bond donors (Lipinski definition) is 1. The number of rotatable bonds is 2. The second kappa shape index (κ2) is 4.52. The molecular weight excluding hydrogens is 250 g/mol. The lowest BCUT2D eigenvalue weighted by Gasteiger charge is -2.05. The van der Waals surface area contributed by atoms with Crippen molar-refractivity contribution in [1.29, 1.82) is 0 Å². The Hall–Kier alpha value is -2.56. The molecule has 0 atom stereocenters. The van der Waals surface area contributed by atoms with Gasteiger partial charge in [0.15, 0.2) is 5.82 Å². The summed E-state index contributed by atoms with van der Waals surface area (Å²) >= 11 is 0. The largest absolute Gasteiger partial charge is 0.383 e. The monoisotopic (exact) mass is 267 g/mol. The molecule has 3 rings (SSSR count). The highest BCUT2D eigenvalue weighted by Crippen LogP contribution is 2.35. The van der Waals surface area contributed by atoms with E-state index >= 15 is 0 Å². The topological polar surface area (TPSA) is 61.7 Å². The summed E-state index contributed by atoms with van der Waals surface area (Å²) in [6.45, 7) is 2.07. The van der Waals surface area contributed by atoms with Gasteiger partial charge in [-0.05, 0) is 12.5 Å². The van der Waals surface area contributed by atoms with Crippen LogP contribution in [0.2, 0.25) is 0 Å². The van der Waals surface area contributed by atoms with Crippen molar-refractivity contribution in [2.45, 2.75) is 6.92 Å². The molecule has 2 aromatic heterocycles. The maximum atomic E-state index is 6.21. The quantitative estimate of drug-likeness (QED) is 0.775. The summed E-state index contributed by atoms with van der Waals surface area (Å²) in [5.74, 6) is 1.46. The molecule has 1 aromatic carbocycles. The summed E-state index contributed by atoms with van der Waals surface area (Å²) in [7, 11) is 3.80. The third kappa shape index (κ3) is 1.87. The molecule has 0 bridgehead atoms. The van der Waals surface area contributed by atoms with E-state index in [1.165, 1.54) is 5.56 Å². The van der Waals surface area contributed by atoms with Gasteiger partial charge in [0.05, 0.1) is 5.56 Å². The molecule has 5 nitrogen and oxygen atoms in total. The van der Waals surface area contributed by atoms with Crippen molar-refractivity contribution in [1.82, 2.24) is 19.3 Å². The smallest absolute Gasteiger partial charge is 0.161 e. The Morgan fingerprint density at radius 2 is 2.00 bits per heavy atom. The fourth-order valence-corrected chi connectivity index (χ4v) is 2.37. The molecule has 0 radical (unpaired) electrons. The second-order valence-electron chi connectivity index (χ2n) is 4.96. The van der Waals surface area contributed by atoms with Crippen LogP contribution in [0, 0.1) is 6.92 Å². The first-order valence-corrected chi connectivity index (χ1v) is 6.45. The van der Waals surface area contributed by atoms with Crippen molar-refractivity contribution in [2.75, 3.05) is 5.73 Å². The van der Waals surface area contributed by atoms with E-state index in [-0.39, 0.29) is 0 Å². The van der Waals surface area contributed by atoms with E-state index in [1.54, 1.807) is 10.9 Å². The summed E-state index contributed by atoms with van der Waals surface area (Å²) in [4.78, 5) is 4.38. The van der Waals surface area contributed by atoms with Crippen molar-refractivity contribution in [3.05, 3.63) is 42.2 Å². The first-order chi connectivity index (χ1) is 9.58. The Morgan fingerprint density at radius 1 is 1.20 bits per heavy atom. The number of aryl methyl sites for hydroxylation is 3. The molecule has 0 aliphatic heterocycles. The molecule has 102 valence electrons. The first-order valence-electron chi connectivity index (χ1n) is 6.45. The lowest BCUT2D eigenvalue weighted by Crippen LogP contribution is -1.98. The lowest BCUT2D eigenvalue weighted by molar-refractivity contribution is 0.776. The zero-order valence-electron chi connectivity index (χ0n) is 11.8. The molecule has 0 amide bonds. The van der Waals surface area contributed by atoms with Crippen LogP contribution >= 0.6 is 0 Å². The highest BCUT2D eigenvalue weighted by Gasteiger charge is 2.20. The summed E-state index contributed by atoms with van der Waals surface area (Å²) in [5, 5.41) is 4.53. The van der Waals surface area contributed by atoms with Crippen molar-refractivity contribution in [3.8, 4) is 22.6 Å². The molecule has 5 heteroatoms. The number of aromatic nitrogens is 4. The van der Waals surface area contributed by atoms with E-state index in [0.29, 0.717) is 5.82 Å². The molecule has 0 saturated heterocycles. The highest BCUT2D eigenvalue weighted by atomic mass is 15.3. The maximum absolute atomic E-state index is 6.21. The molecule has 20 heavy (non-hydrogen) atoms. The molecule has 3 aromatic rings. The number of benzene rings is 1. The molecule has 0 unspecified atom stereocenters. The molecule has 0 saturated carbocycles. The second-order valence-corrected chi connectivity index (χ2v) is 4.96. The minimum absolute atomic E-state index is 0.647. The van der Waals surface area contributed by atoms with Gasteiger partial charge in [0.2, 0.25) is 0 Å². The Bertz CT molecular complexity index is 766. The Balaban J connectivity index is 2.28. The van der Waals surface area contributed by atoms with Gasteiger partial charge < -0.3 is 10.3 Å². The van der Waals surface area contributed by atoms with Crippen molar-refractivity contribution >= 4 is 5.82 Å². The number of nitrogen functional groups attached to an aromatic ring is 1. The third-order valence-corrected chi connectivity index (χ3v) is 3.43. The molecule has 0 aliphatic rings. The normalized spacial score (nSPS) is 10.9. The number of nitrogens with zero attached hydrogens (tertiary/aromatic N) is 4. The zero-order chi connectivity index (χ0) is 14.3. The summed E-state index contributed by atoms with van der Waals surface area (Å²) < 4.78 is 3.64. The van der Waals surface area contributed by atoms with Crippen LogP contribution in [0.25, 0.3) is 22.6 Å². The van der Waals surface area contributed by atoms with Crippen molar-refractivity contribution in [3.63, 3.8) is 0 Å². The zero-order valence-corrected chi connectivity index (χ0v) is 11.8. The van der Waals surface area contributed by atoms with Gasteiger partial charge in [0, 0.05) is 26.5 Å². The average Bonchev–Trinajstić information content (AvgIpc) is 2.94. The van der Waals surface area contributed by atoms with Gasteiger partial charge in [0.1, 0.15) is 11.5 Å². The van der Waals surface area contributed by atoms with Crippen molar-refractivity contribution < 1.29 is 0 Å². The van der Waals surface area contributed by atoms with Crippen LogP contribution in [0.5, 0.6) is 0 Å². The predicted octanol–water partition coefficient (Wildman–Crippen LogP) is 2.38. The molecule has 0 aliphatic carbocycles. The Kier molecular flexibility index (Phi) is 2.82. The van der Waals surface area contributed by atoms with Crippen LogP contribution in [-0.2, 0) is 14.1 Å². The fraction of sp³-hybridized carbons (Fsp3) is 0.200. The van der Waals surface area contributed by atoms with E-state index in [0.717, 1.165) is 22.6 Å². The minimum atomic E-state index is 0.647. The fourth-order valence-electron chi connectivity index (χ4n) is 2.37. The predicted molar refractivity (Wildman–Crippen MR) is 80.0 cm³/mol.